The van der Waals surface area contributed by atoms with Crippen molar-refractivity contribution in [2.24, 2.45) is 0 Å². The van der Waals surface area contributed by atoms with Crippen LogP contribution < -0.4 is 10.1 Å². The second kappa shape index (κ2) is 9.22. The van der Waals surface area contributed by atoms with Crippen molar-refractivity contribution < 1.29 is 9.53 Å². The summed E-state index contributed by atoms with van der Waals surface area (Å²) in [5.74, 6) is 1.03. The molecule has 0 radical (unpaired) electrons. The summed E-state index contributed by atoms with van der Waals surface area (Å²) in [4.78, 5) is 12.1. The highest BCUT2D eigenvalue weighted by Gasteiger charge is 2.10. The molecule has 1 amide bonds. The Bertz CT molecular complexity index is 900. The summed E-state index contributed by atoms with van der Waals surface area (Å²) >= 11 is 0. The maximum atomic E-state index is 12.1. The smallest absolute Gasteiger partial charge is 0.257 e. The predicted octanol–water partition coefficient (Wildman–Crippen LogP) is 4.04. The first-order valence-electron chi connectivity index (χ1n) is 9.62. The number of aromatic nitrogens is 2. The van der Waals surface area contributed by atoms with Crippen molar-refractivity contribution in [1.82, 2.24) is 15.1 Å². The van der Waals surface area contributed by atoms with Crippen molar-refractivity contribution in [2.75, 3.05) is 13.2 Å². The van der Waals surface area contributed by atoms with Gasteiger partial charge in [-0.25, -0.2) is 4.68 Å². The van der Waals surface area contributed by atoms with Crippen LogP contribution in [0.4, 0.5) is 0 Å². The normalized spacial score (nSPS) is 10.9. The first-order valence-corrected chi connectivity index (χ1v) is 9.62. The zero-order chi connectivity index (χ0) is 19.9. The maximum absolute atomic E-state index is 12.1. The first-order chi connectivity index (χ1) is 13.5. The zero-order valence-electron chi connectivity index (χ0n) is 16.7. The Labute approximate surface area is 166 Å². The number of nitrogens with zero attached hydrogens (tertiary/aromatic N) is 2. The SMILES string of the molecule is Cc1ccc(C(C)C)c(OCC(=O)NCCc2ccc(-n3cccn3)cc2)c1. The Kier molecular flexibility index (Phi) is 6.48. The number of hydrogen-bond acceptors (Lipinski definition) is 3. The van der Waals surface area contributed by atoms with Crippen LogP contribution in [-0.4, -0.2) is 28.8 Å². The van der Waals surface area contributed by atoms with Crippen LogP contribution >= 0.6 is 0 Å². The van der Waals surface area contributed by atoms with E-state index >= 15 is 0 Å². The summed E-state index contributed by atoms with van der Waals surface area (Å²) < 4.78 is 7.60. The summed E-state index contributed by atoms with van der Waals surface area (Å²) in [6.45, 7) is 6.87. The number of carbonyl (C=O) groups excluding carboxylic acids is 1. The number of aryl methyl sites for hydroxylation is 1. The third kappa shape index (κ3) is 5.22. The summed E-state index contributed by atoms with van der Waals surface area (Å²) in [6, 6.07) is 16.2. The molecule has 1 N–H and O–H groups in total. The lowest BCUT2D eigenvalue weighted by Gasteiger charge is -2.15. The number of hydrogen-bond donors (Lipinski definition) is 1. The third-order valence-electron chi connectivity index (χ3n) is 4.59. The van der Waals surface area contributed by atoms with E-state index in [1.54, 1.807) is 6.20 Å². The van der Waals surface area contributed by atoms with Gasteiger partial charge in [0, 0.05) is 18.9 Å². The minimum absolute atomic E-state index is 0.0292. The van der Waals surface area contributed by atoms with Crippen LogP contribution in [0.3, 0.4) is 0 Å². The molecular weight excluding hydrogens is 350 g/mol. The summed E-state index contributed by atoms with van der Waals surface area (Å²) in [5, 5.41) is 7.14. The van der Waals surface area contributed by atoms with Gasteiger partial charge in [-0.15, -0.1) is 0 Å². The molecule has 0 unspecified atom stereocenters. The maximum Gasteiger partial charge on any atom is 0.257 e. The molecule has 0 atom stereocenters. The van der Waals surface area contributed by atoms with Crippen LogP contribution in [0.25, 0.3) is 5.69 Å². The van der Waals surface area contributed by atoms with E-state index in [2.05, 4.69) is 48.5 Å². The van der Waals surface area contributed by atoms with E-state index in [1.807, 2.05) is 42.1 Å². The van der Waals surface area contributed by atoms with Gasteiger partial charge in [0.05, 0.1) is 5.69 Å². The lowest BCUT2D eigenvalue weighted by atomic mass is 10.0. The van der Waals surface area contributed by atoms with Crippen LogP contribution in [0.15, 0.2) is 60.9 Å². The van der Waals surface area contributed by atoms with Crippen molar-refractivity contribution in [1.29, 1.82) is 0 Å². The molecule has 1 heterocycles. The first kappa shape index (κ1) is 19.7. The fraction of sp³-hybridized carbons (Fsp3) is 0.304. The van der Waals surface area contributed by atoms with Crippen LogP contribution in [0.1, 0.15) is 36.5 Å². The van der Waals surface area contributed by atoms with Gasteiger partial charge in [0.2, 0.25) is 0 Å². The van der Waals surface area contributed by atoms with Gasteiger partial charge in [-0.1, -0.05) is 38.1 Å². The lowest BCUT2D eigenvalue weighted by molar-refractivity contribution is -0.123. The third-order valence-corrected chi connectivity index (χ3v) is 4.59. The van der Waals surface area contributed by atoms with E-state index in [1.165, 1.54) is 0 Å². The molecule has 5 nitrogen and oxygen atoms in total. The van der Waals surface area contributed by atoms with E-state index < -0.39 is 0 Å². The second-order valence-electron chi connectivity index (χ2n) is 7.20. The Morgan fingerprint density at radius 2 is 1.96 bits per heavy atom. The Morgan fingerprint density at radius 1 is 1.18 bits per heavy atom. The highest BCUT2D eigenvalue weighted by atomic mass is 16.5. The molecule has 0 saturated heterocycles. The fourth-order valence-electron chi connectivity index (χ4n) is 3.02. The van der Waals surface area contributed by atoms with Gasteiger partial charge in [0.15, 0.2) is 6.61 Å². The molecule has 0 spiro atoms. The van der Waals surface area contributed by atoms with Crippen LogP contribution in [0.5, 0.6) is 5.75 Å². The number of nitrogens with one attached hydrogen (secondary N) is 1. The van der Waals surface area contributed by atoms with Gasteiger partial charge in [0.25, 0.3) is 5.91 Å². The standard InChI is InChI=1S/C23H27N3O2/c1-17(2)21-10-5-18(3)15-22(21)28-16-23(27)24-13-11-19-6-8-20(9-7-19)26-14-4-12-25-26/h4-10,12,14-15,17H,11,13,16H2,1-3H3,(H,24,27). The summed E-state index contributed by atoms with van der Waals surface area (Å²) in [6.07, 6.45) is 4.44. The van der Waals surface area contributed by atoms with E-state index in [-0.39, 0.29) is 12.5 Å². The van der Waals surface area contributed by atoms with E-state index in [4.69, 9.17) is 4.74 Å². The van der Waals surface area contributed by atoms with Gasteiger partial charge >= 0.3 is 0 Å². The number of ether oxygens (including phenoxy) is 1. The zero-order valence-corrected chi connectivity index (χ0v) is 16.7. The van der Waals surface area contributed by atoms with Crippen LogP contribution in [0, 0.1) is 6.92 Å². The van der Waals surface area contributed by atoms with Gasteiger partial charge in [-0.2, -0.15) is 5.10 Å². The van der Waals surface area contributed by atoms with Crippen molar-refractivity contribution in [2.45, 2.75) is 33.1 Å². The minimum atomic E-state index is -0.107. The van der Waals surface area contributed by atoms with Crippen molar-refractivity contribution >= 4 is 5.91 Å². The van der Waals surface area contributed by atoms with Crippen molar-refractivity contribution in [3.8, 4) is 11.4 Å². The number of amides is 1. The minimum Gasteiger partial charge on any atom is -0.483 e. The van der Waals surface area contributed by atoms with Crippen molar-refractivity contribution in [3.05, 3.63) is 77.6 Å². The molecule has 146 valence electrons. The Balaban J connectivity index is 1.46. The Morgan fingerprint density at radius 3 is 2.64 bits per heavy atom. The summed E-state index contributed by atoms with van der Waals surface area (Å²) in [5.41, 5.74) is 4.43. The molecule has 0 bridgehead atoms. The van der Waals surface area contributed by atoms with E-state index in [9.17, 15) is 4.79 Å². The highest BCUT2D eigenvalue weighted by Crippen LogP contribution is 2.27. The molecule has 28 heavy (non-hydrogen) atoms. The fourth-order valence-corrected chi connectivity index (χ4v) is 3.02. The monoisotopic (exact) mass is 377 g/mol. The highest BCUT2D eigenvalue weighted by molar-refractivity contribution is 5.77. The topological polar surface area (TPSA) is 56.1 Å². The quantitative estimate of drug-likeness (QED) is 0.644. The molecule has 2 aromatic carbocycles. The average Bonchev–Trinajstić information content (AvgIpc) is 3.21. The van der Waals surface area contributed by atoms with Crippen LogP contribution in [0.2, 0.25) is 0 Å². The van der Waals surface area contributed by atoms with Gasteiger partial charge in [-0.05, 0) is 60.2 Å². The Hall–Kier alpha value is -3.08. The largest absolute Gasteiger partial charge is 0.483 e. The molecule has 0 aliphatic heterocycles. The van der Waals surface area contributed by atoms with Gasteiger partial charge in [-0.3, -0.25) is 4.79 Å². The van der Waals surface area contributed by atoms with E-state index in [0.717, 1.165) is 34.5 Å². The molecule has 1 aromatic heterocycles. The summed E-state index contributed by atoms with van der Waals surface area (Å²) in [7, 11) is 0. The lowest BCUT2D eigenvalue weighted by Crippen LogP contribution is -2.30. The van der Waals surface area contributed by atoms with E-state index in [0.29, 0.717) is 12.5 Å². The number of carbonyl (C=O) groups is 1. The molecule has 0 fully saturated rings. The molecule has 3 rings (SSSR count). The number of benzene rings is 2. The van der Waals surface area contributed by atoms with Crippen molar-refractivity contribution in [3.63, 3.8) is 0 Å². The molecule has 0 aliphatic carbocycles. The van der Waals surface area contributed by atoms with Gasteiger partial charge < -0.3 is 10.1 Å². The second-order valence-corrected chi connectivity index (χ2v) is 7.20. The van der Waals surface area contributed by atoms with Crippen LogP contribution in [-0.2, 0) is 11.2 Å². The molecule has 5 heteroatoms. The average molecular weight is 377 g/mol. The molecular formula is C23H27N3O2. The molecule has 3 aromatic rings. The molecule has 0 aliphatic rings. The van der Waals surface area contributed by atoms with Gasteiger partial charge in [0.1, 0.15) is 5.75 Å². The predicted molar refractivity (Wildman–Crippen MR) is 111 cm³/mol. The number of rotatable bonds is 8. The molecule has 0 saturated carbocycles.